The van der Waals surface area contributed by atoms with Crippen LogP contribution < -0.4 is 10.1 Å². The number of nitrogens with one attached hydrogen (secondary N) is 1. The number of hydrogen-bond acceptors (Lipinski definition) is 3. The molecular formula is C9H14N2O. The molecule has 0 spiro atoms. The highest BCUT2D eigenvalue weighted by molar-refractivity contribution is 5.27. The Hall–Kier alpha value is -1.09. The lowest BCUT2D eigenvalue weighted by atomic mass is 10.1. The van der Waals surface area contributed by atoms with Crippen LogP contribution in [0.15, 0.2) is 12.3 Å². The van der Waals surface area contributed by atoms with E-state index < -0.39 is 0 Å². The van der Waals surface area contributed by atoms with Gasteiger partial charge in [-0.05, 0) is 25.1 Å². The van der Waals surface area contributed by atoms with E-state index in [9.17, 15) is 0 Å². The van der Waals surface area contributed by atoms with Crippen molar-refractivity contribution in [3.8, 4) is 5.88 Å². The van der Waals surface area contributed by atoms with Crippen LogP contribution in [0.2, 0.25) is 0 Å². The molecule has 1 aromatic rings. The van der Waals surface area contributed by atoms with Crippen LogP contribution in [-0.2, 0) is 6.54 Å². The monoisotopic (exact) mass is 166 g/mol. The second kappa shape index (κ2) is 4.07. The van der Waals surface area contributed by atoms with Crippen LogP contribution in [0.4, 0.5) is 0 Å². The normalized spacial score (nSPS) is 9.92. The van der Waals surface area contributed by atoms with Gasteiger partial charge in [0.15, 0.2) is 0 Å². The number of ether oxygens (including phenoxy) is 1. The number of nitrogens with zero attached hydrogens (tertiary/aromatic N) is 1. The largest absolute Gasteiger partial charge is 0.481 e. The molecule has 0 unspecified atom stereocenters. The average molecular weight is 166 g/mol. The summed E-state index contributed by atoms with van der Waals surface area (Å²) in [5.41, 5.74) is 2.41. The molecule has 12 heavy (non-hydrogen) atoms. The Labute approximate surface area is 72.8 Å². The van der Waals surface area contributed by atoms with E-state index in [1.807, 2.05) is 19.3 Å². The Kier molecular flexibility index (Phi) is 3.05. The molecule has 0 fully saturated rings. The van der Waals surface area contributed by atoms with Gasteiger partial charge in [-0.15, -0.1) is 0 Å². The molecule has 0 aliphatic heterocycles. The van der Waals surface area contributed by atoms with Crippen molar-refractivity contribution in [2.75, 3.05) is 14.2 Å². The molecule has 0 aromatic carbocycles. The molecule has 0 saturated carbocycles. The minimum absolute atomic E-state index is 0.673. The molecule has 1 heterocycles. The van der Waals surface area contributed by atoms with E-state index in [2.05, 4.69) is 17.2 Å². The Balaban J connectivity index is 2.87. The number of aryl methyl sites for hydroxylation is 1. The van der Waals surface area contributed by atoms with Crippen LogP contribution in [0, 0.1) is 6.92 Å². The van der Waals surface area contributed by atoms with Gasteiger partial charge in [-0.1, -0.05) is 0 Å². The van der Waals surface area contributed by atoms with Crippen LogP contribution in [0.25, 0.3) is 0 Å². The van der Waals surface area contributed by atoms with Gasteiger partial charge in [0, 0.05) is 18.8 Å². The van der Waals surface area contributed by atoms with Gasteiger partial charge in [-0.25, -0.2) is 4.98 Å². The summed E-state index contributed by atoms with van der Waals surface area (Å²) in [6, 6.07) is 1.94. The Morgan fingerprint density at radius 3 is 2.83 bits per heavy atom. The van der Waals surface area contributed by atoms with Crippen molar-refractivity contribution in [1.82, 2.24) is 10.3 Å². The standard InChI is InChI=1S/C9H14N2O/c1-7-4-9(12-3)11-6-8(7)5-10-2/h4,6,10H,5H2,1-3H3. The lowest BCUT2D eigenvalue weighted by Gasteiger charge is -2.05. The van der Waals surface area contributed by atoms with Crippen molar-refractivity contribution in [3.05, 3.63) is 23.4 Å². The molecule has 1 aromatic heterocycles. The summed E-state index contributed by atoms with van der Waals surface area (Å²) in [6.07, 6.45) is 1.84. The SMILES string of the molecule is CNCc1cnc(OC)cc1C. The maximum absolute atomic E-state index is 5.00. The van der Waals surface area contributed by atoms with Crippen molar-refractivity contribution >= 4 is 0 Å². The molecule has 1 N–H and O–H groups in total. The molecule has 0 aliphatic carbocycles. The predicted molar refractivity (Wildman–Crippen MR) is 48.3 cm³/mol. The van der Waals surface area contributed by atoms with Gasteiger partial charge in [0.2, 0.25) is 5.88 Å². The van der Waals surface area contributed by atoms with Crippen LogP contribution >= 0.6 is 0 Å². The first kappa shape index (κ1) is 9.00. The zero-order chi connectivity index (χ0) is 8.97. The predicted octanol–water partition coefficient (Wildman–Crippen LogP) is 1.12. The van der Waals surface area contributed by atoms with Crippen molar-refractivity contribution in [2.24, 2.45) is 0 Å². The van der Waals surface area contributed by atoms with Gasteiger partial charge in [0.1, 0.15) is 0 Å². The van der Waals surface area contributed by atoms with E-state index in [1.165, 1.54) is 11.1 Å². The van der Waals surface area contributed by atoms with Crippen molar-refractivity contribution < 1.29 is 4.74 Å². The van der Waals surface area contributed by atoms with Gasteiger partial charge >= 0.3 is 0 Å². The van der Waals surface area contributed by atoms with Crippen LogP contribution in [0.3, 0.4) is 0 Å². The quantitative estimate of drug-likeness (QED) is 0.730. The number of rotatable bonds is 3. The summed E-state index contributed by atoms with van der Waals surface area (Å²) in [7, 11) is 3.54. The molecular weight excluding hydrogens is 152 g/mol. The average Bonchev–Trinajstić information content (AvgIpc) is 2.09. The third-order valence-electron chi connectivity index (χ3n) is 1.77. The van der Waals surface area contributed by atoms with Crippen molar-refractivity contribution in [1.29, 1.82) is 0 Å². The first-order valence-electron chi connectivity index (χ1n) is 3.92. The lowest BCUT2D eigenvalue weighted by molar-refractivity contribution is 0.397. The smallest absolute Gasteiger partial charge is 0.213 e. The maximum Gasteiger partial charge on any atom is 0.213 e. The van der Waals surface area contributed by atoms with Crippen molar-refractivity contribution in [3.63, 3.8) is 0 Å². The van der Waals surface area contributed by atoms with E-state index in [0.717, 1.165) is 6.54 Å². The molecule has 3 heteroatoms. The minimum Gasteiger partial charge on any atom is -0.481 e. The highest BCUT2D eigenvalue weighted by Crippen LogP contribution is 2.12. The van der Waals surface area contributed by atoms with Crippen LogP contribution in [0.1, 0.15) is 11.1 Å². The van der Waals surface area contributed by atoms with Gasteiger partial charge in [-0.2, -0.15) is 0 Å². The Bertz CT molecular complexity index is 261. The zero-order valence-corrected chi connectivity index (χ0v) is 7.72. The second-order valence-electron chi connectivity index (χ2n) is 2.68. The molecule has 0 saturated heterocycles. The van der Waals surface area contributed by atoms with E-state index in [-0.39, 0.29) is 0 Å². The number of aromatic nitrogens is 1. The molecule has 0 amide bonds. The maximum atomic E-state index is 5.00. The Morgan fingerprint density at radius 2 is 2.33 bits per heavy atom. The third-order valence-corrected chi connectivity index (χ3v) is 1.77. The minimum atomic E-state index is 0.673. The first-order chi connectivity index (χ1) is 5.77. The number of hydrogen-bond donors (Lipinski definition) is 1. The number of methoxy groups -OCH3 is 1. The lowest BCUT2D eigenvalue weighted by Crippen LogP contribution is -2.07. The summed E-state index contributed by atoms with van der Waals surface area (Å²) < 4.78 is 5.00. The van der Waals surface area contributed by atoms with Crippen LogP contribution in [0.5, 0.6) is 5.88 Å². The molecule has 0 radical (unpaired) electrons. The summed E-state index contributed by atoms with van der Waals surface area (Å²) in [6.45, 7) is 2.90. The van der Waals surface area contributed by atoms with Crippen LogP contribution in [-0.4, -0.2) is 19.1 Å². The van der Waals surface area contributed by atoms with E-state index in [1.54, 1.807) is 7.11 Å². The molecule has 0 atom stereocenters. The summed E-state index contributed by atoms with van der Waals surface area (Å²) in [4.78, 5) is 4.11. The molecule has 3 nitrogen and oxygen atoms in total. The van der Waals surface area contributed by atoms with Gasteiger partial charge in [0.05, 0.1) is 7.11 Å². The molecule has 0 bridgehead atoms. The summed E-state index contributed by atoms with van der Waals surface area (Å²) >= 11 is 0. The fourth-order valence-corrected chi connectivity index (χ4v) is 1.05. The summed E-state index contributed by atoms with van der Waals surface area (Å²) in [5.74, 6) is 0.673. The topological polar surface area (TPSA) is 34.2 Å². The molecule has 1 rings (SSSR count). The van der Waals surface area contributed by atoms with Gasteiger partial charge in [-0.3, -0.25) is 0 Å². The zero-order valence-electron chi connectivity index (χ0n) is 7.72. The van der Waals surface area contributed by atoms with E-state index in [4.69, 9.17) is 4.74 Å². The van der Waals surface area contributed by atoms with Gasteiger partial charge in [0.25, 0.3) is 0 Å². The molecule has 66 valence electrons. The fourth-order valence-electron chi connectivity index (χ4n) is 1.05. The number of pyridine rings is 1. The van der Waals surface area contributed by atoms with E-state index >= 15 is 0 Å². The third kappa shape index (κ3) is 1.95. The first-order valence-corrected chi connectivity index (χ1v) is 3.92. The second-order valence-corrected chi connectivity index (χ2v) is 2.68. The summed E-state index contributed by atoms with van der Waals surface area (Å²) in [5, 5.41) is 3.08. The van der Waals surface area contributed by atoms with Gasteiger partial charge < -0.3 is 10.1 Å². The highest BCUT2D eigenvalue weighted by Gasteiger charge is 1.99. The Morgan fingerprint density at radius 1 is 1.58 bits per heavy atom. The molecule has 0 aliphatic rings. The van der Waals surface area contributed by atoms with E-state index in [0.29, 0.717) is 5.88 Å². The van der Waals surface area contributed by atoms with Crippen molar-refractivity contribution in [2.45, 2.75) is 13.5 Å². The fraction of sp³-hybridized carbons (Fsp3) is 0.444. The highest BCUT2D eigenvalue weighted by atomic mass is 16.5.